The second-order valence-electron chi connectivity index (χ2n) is 3.64. The molecule has 2 aromatic rings. The van der Waals surface area contributed by atoms with Crippen molar-refractivity contribution in [1.29, 1.82) is 0 Å². The van der Waals surface area contributed by atoms with Crippen molar-refractivity contribution in [2.24, 2.45) is 0 Å². The summed E-state index contributed by atoms with van der Waals surface area (Å²) in [6.07, 6.45) is 1.39. The molecule has 1 heterocycles. The van der Waals surface area contributed by atoms with Gasteiger partial charge in [-0.25, -0.2) is 14.4 Å². The molecule has 0 saturated heterocycles. The minimum atomic E-state index is -0.802. The number of benzene rings is 1. The van der Waals surface area contributed by atoms with E-state index in [9.17, 15) is 9.18 Å². The maximum Gasteiger partial charge on any atom is 0.215 e. The number of halogens is 1. The van der Waals surface area contributed by atoms with Crippen LogP contribution in [-0.4, -0.2) is 20.9 Å². The number of aromatic hydroxyl groups is 1. The SMILES string of the molecule is Cc1ncc(S)c(C(=O)c2ccc(O)cc2F)n1. The Kier molecular flexibility index (Phi) is 3.29. The van der Waals surface area contributed by atoms with Gasteiger partial charge in [0.05, 0.1) is 10.5 Å². The highest BCUT2D eigenvalue weighted by Crippen LogP contribution is 2.20. The third-order valence-corrected chi connectivity index (χ3v) is 2.63. The Labute approximate surface area is 108 Å². The highest BCUT2D eigenvalue weighted by atomic mass is 32.1. The van der Waals surface area contributed by atoms with E-state index < -0.39 is 11.6 Å². The van der Waals surface area contributed by atoms with E-state index >= 15 is 0 Å². The fourth-order valence-corrected chi connectivity index (χ4v) is 1.66. The van der Waals surface area contributed by atoms with Gasteiger partial charge >= 0.3 is 0 Å². The molecule has 18 heavy (non-hydrogen) atoms. The molecule has 6 heteroatoms. The van der Waals surface area contributed by atoms with Gasteiger partial charge in [0.15, 0.2) is 0 Å². The van der Waals surface area contributed by atoms with Gasteiger partial charge < -0.3 is 5.11 Å². The smallest absolute Gasteiger partial charge is 0.215 e. The lowest BCUT2D eigenvalue weighted by molar-refractivity contribution is 0.102. The summed E-state index contributed by atoms with van der Waals surface area (Å²) in [6, 6.07) is 3.32. The molecule has 0 fully saturated rings. The monoisotopic (exact) mass is 264 g/mol. The maximum absolute atomic E-state index is 13.6. The molecule has 0 saturated carbocycles. The van der Waals surface area contributed by atoms with Gasteiger partial charge in [0, 0.05) is 12.3 Å². The van der Waals surface area contributed by atoms with E-state index in [1.807, 2.05) is 0 Å². The zero-order valence-electron chi connectivity index (χ0n) is 9.38. The topological polar surface area (TPSA) is 63.1 Å². The number of thiol groups is 1. The van der Waals surface area contributed by atoms with E-state index in [-0.39, 0.29) is 21.9 Å². The molecule has 0 radical (unpaired) electrons. The maximum atomic E-state index is 13.6. The van der Waals surface area contributed by atoms with Crippen molar-refractivity contribution in [3.63, 3.8) is 0 Å². The van der Waals surface area contributed by atoms with Crippen LogP contribution in [0, 0.1) is 12.7 Å². The van der Waals surface area contributed by atoms with Crippen molar-refractivity contribution in [3.05, 3.63) is 47.3 Å². The number of aromatic nitrogens is 2. The number of nitrogens with zero attached hydrogens (tertiary/aromatic N) is 2. The molecule has 4 nitrogen and oxygen atoms in total. The summed E-state index contributed by atoms with van der Waals surface area (Å²) in [5.41, 5.74) is -0.128. The molecule has 0 aliphatic carbocycles. The molecule has 0 amide bonds. The Morgan fingerprint density at radius 3 is 2.83 bits per heavy atom. The van der Waals surface area contributed by atoms with Crippen molar-refractivity contribution in [2.75, 3.05) is 0 Å². The third-order valence-electron chi connectivity index (χ3n) is 2.30. The number of phenolic OH excluding ortho intramolecular Hbond substituents is 1. The van der Waals surface area contributed by atoms with Gasteiger partial charge in [-0.1, -0.05) is 0 Å². The summed E-state index contributed by atoms with van der Waals surface area (Å²) >= 11 is 4.07. The van der Waals surface area contributed by atoms with Crippen molar-refractivity contribution >= 4 is 18.4 Å². The number of phenols is 1. The first-order chi connectivity index (χ1) is 8.49. The summed E-state index contributed by atoms with van der Waals surface area (Å²) in [6.45, 7) is 1.62. The number of rotatable bonds is 2. The van der Waals surface area contributed by atoms with E-state index in [4.69, 9.17) is 5.11 Å². The number of ketones is 1. The van der Waals surface area contributed by atoms with Crippen molar-refractivity contribution in [3.8, 4) is 5.75 Å². The molecule has 0 bridgehead atoms. The molecular weight excluding hydrogens is 255 g/mol. The predicted molar refractivity (Wildman–Crippen MR) is 65.5 cm³/mol. The van der Waals surface area contributed by atoms with E-state index in [0.29, 0.717) is 5.82 Å². The first-order valence-electron chi connectivity index (χ1n) is 5.05. The number of carbonyl (C=O) groups excluding carboxylic acids is 1. The number of hydrogen-bond donors (Lipinski definition) is 2. The lowest BCUT2D eigenvalue weighted by Crippen LogP contribution is -2.09. The van der Waals surface area contributed by atoms with E-state index in [1.165, 1.54) is 18.3 Å². The van der Waals surface area contributed by atoms with Gasteiger partial charge in [0.25, 0.3) is 0 Å². The van der Waals surface area contributed by atoms with Crippen LogP contribution < -0.4 is 0 Å². The molecule has 0 aliphatic rings. The summed E-state index contributed by atoms with van der Waals surface area (Å²) in [4.78, 5) is 20.2. The van der Waals surface area contributed by atoms with Crippen LogP contribution in [-0.2, 0) is 0 Å². The van der Waals surface area contributed by atoms with Crippen LogP contribution in [0.15, 0.2) is 29.3 Å². The van der Waals surface area contributed by atoms with Crippen LogP contribution >= 0.6 is 12.6 Å². The van der Waals surface area contributed by atoms with Crippen molar-refractivity contribution in [1.82, 2.24) is 9.97 Å². The van der Waals surface area contributed by atoms with Crippen LogP contribution in [0.2, 0.25) is 0 Å². The molecule has 1 aromatic carbocycles. The van der Waals surface area contributed by atoms with E-state index in [1.54, 1.807) is 6.92 Å². The van der Waals surface area contributed by atoms with Crippen LogP contribution in [0.1, 0.15) is 21.9 Å². The molecule has 0 unspecified atom stereocenters. The quantitative estimate of drug-likeness (QED) is 0.644. The fourth-order valence-electron chi connectivity index (χ4n) is 1.45. The zero-order chi connectivity index (χ0) is 13.3. The summed E-state index contributed by atoms with van der Waals surface area (Å²) in [5, 5.41) is 9.10. The molecule has 0 aliphatic heterocycles. The summed E-state index contributed by atoms with van der Waals surface area (Å²) in [5.74, 6) is -1.24. The first-order valence-corrected chi connectivity index (χ1v) is 5.49. The van der Waals surface area contributed by atoms with Crippen molar-refractivity contribution < 1.29 is 14.3 Å². The molecule has 0 spiro atoms. The minimum absolute atomic E-state index is 0.0374. The summed E-state index contributed by atoms with van der Waals surface area (Å²) in [7, 11) is 0. The Morgan fingerprint density at radius 2 is 2.17 bits per heavy atom. The number of aryl methyl sites for hydroxylation is 1. The molecule has 92 valence electrons. The second kappa shape index (κ2) is 4.73. The lowest BCUT2D eigenvalue weighted by atomic mass is 10.1. The van der Waals surface area contributed by atoms with Gasteiger partial charge in [0.2, 0.25) is 5.78 Å². The number of hydrogen-bond acceptors (Lipinski definition) is 5. The third kappa shape index (κ3) is 2.33. The van der Waals surface area contributed by atoms with Gasteiger partial charge in [-0.2, -0.15) is 0 Å². The van der Waals surface area contributed by atoms with Gasteiger partial charge in [-0.3, -0.25) is 4.79 Å². The summed E-state index contributed by atoms with van der Waals surface area (Å²) < 4.78 is 13.6. The standard InChI is InChI=1S/C12H9FN2O2S/c1-6-14-5-10(18)11(15-6)12(17)8-3-2-7(16)4-9(8)13/h2-5,16,18H,1H3. The van der Waals surface area contributed by atoms with Gasteiger partial charge in [0.1, 0.15) is 23.1 Å². The second-order valence-corrected chi connectivity index (χ2v) is 4.13. The predicted octanol–water partition coefficient (Wildman–Crippen LogP) is 2.15. The first kappa shape index (κ1) is 12.5. The Bertz CT molecular complexity index is 631. The Hall–Kier alpha value is -1.95. The van der Waals surface area contributed by atoms with Crippen LogP contribution in [0.3, 0.4) is 0 Å². The van der Waals surface area contributed by atoms with Gasteiger partial charge in [-0.15, -0.1) is 12.6 Å². The largest absolute Gasteiger partial charge is 0.508 e. The van der Waals surface area contributed by atoms with Crippen molar-refractivity contribution in [2.45, 2.75) is 11.8 Å². The highest BCUT2D eigenvalue weighted by molar-refractivity contribution is 7.80. The average molecular weight is 264 g/mol. The molecular formula is C12H9FN2O2S. The lowest BCUT2D eigenvalue weighted by Gasteiger charge is -2.05. The van der Waals surface area contributed by atoms with Gasteiger partial charge in [-0.05, 0) is 19.1 Å². The number of carbonyl (C=O) groups is 1. The minimum Gasteiger partial charge on any atom is -0.508 e. The molecule has 2 rings (SSSR count). The fraction of sp³-hybridized carbons (Fsp3) is 0.0833. The highest BCUT2D eigenvalue weighted by Gasteiger charge is 2.18. The van der Waals surface area contributed by atoms with E-state index in [0.717, 1.165) is 6.07 Å². The Balaban J connectivity index is 2.51. The Morgan fingerprint density at radius 1 is 1.44 bits per heavy atom. The molecule has 0 atom stereocenters. The van der Waals surface area contributed by atoms with Crippen LogP contribution in [0.25, 0.3) is 0 Å². The zero-order valence-corrected chi connectivity index (χ0v) is 10.3. The van der Waals surface area contributed by atoms with Crippen LogP contribution in [0.5, 0.6) is 5.75 Å². The van der Waals surface area contributed by atoms with E-state index in [2.05, 4.69) is 22.6 Å². The molecule has 1 aromatic heterocycles. The normalized spacial score (nSPS) is 10.4. The molecule has 1 N–H and O–H groups in total. The average Bonchev–Trinajstić information content (AvgIpc) is 2.31. The van der Waals surface area contributed by atoms with Crippen LogP contribution in [0.4, 0.5) is 4.39 Å².